The normalized spacial score (nSPS) is 9.35. The third-order valence-corrected chi connectivity index (χ3v) is 2.70. The van der Waals surface area contributed by atoms with Crippen LogP contribution < -0.4 is 10.6 Å². The molecule has 0 aliphatic rings. The van der Waals surface area contributed by atoms with E-state index in [9.17, 15) is 4.79 Å². The van der Waals surface area contributed by atoms with Crippen molar-refractivity contribution in [3.05, 3.63) is 35.4 Å². The van der Waals surface area contributed by atoms with E-state index in [4.69, 9.17) is 12.8 Å². The van der Waals surface area contributed by atoms with Crippen molar-refractivity contribution in [3.8, 4) is 24.7 Å². The highest BCUT2D eigenvalue weighted by Gasteiger charge is 2.10. The van der Waals surface area contributed by atoms with Crippen LogP contribution in [0, 0.1) is 24.7 Å². The Hall–Kier alpha value is -2.43. The van der Waals surface area contributed by atoms with Gasteiger partial charge in [-0.25, -0.2) is 4.79 Å². The lowest BCUT2D eigenvalue weighted by molar-refractivity contribution is 0.209. The molecule has 4 nitrogen and oxygen atoms in total. The number of hydrogen-bond donors (Lipinski definition) is 2. The number of carbonyl (C=O) groups excluding carboxylic acids is 1. The first-order valence-corrected chi connectivity index (χ1v) is 6.33. The lowest BCUT2D eigenvalue weighted by Crippen LogP contribution is -2.40. The minimum absolute atomic E-state index is 0.205. The van der Waals surface area contributed by atoms with Gasteiger partial charge >= 0.3 is 6.03 Å². The zero-order chi connectivity index (χ0) is 14.8. The molecule has 0 atom stereocenters. The first-order valence-electron chi connectivity index (χ1n) is 6.33. The van der Waals surface area contributed by atoms with Crippen LogP contribution in [0.1, 0.15) is 11.1 Å². The average Bonchev–Trinajstić information content (AvgIpc) is 2.46. The summed E-state index contributed by atoms with van der Waals surface area (Å²) in [5.74, 6) is 4.83. The van der Waals surface area contributed by atoms with Crippen molar-refractivity contribution in [3.63, 3.8) is 0 Å². The number of terminal acetylenes is 2. The van der Waals surface area contributed by atoms with Crippen LogP contribution in [0.3, 0.4) is 0 Å². The topological polar surface area (TPSA) is 44.4 Å². The molecule has 4 heteroatoms. The molecule has 2 N–H and O–H groups in total. The Morgan fingerprint density at radius 3 is 2.05 bits per heavy atom. The maximum atomic E-state index is 11.9. The van der Waals surface area contributed by atoms with Crippen LogP contribution in [0.2, 0.25) is 0 Å². The number of urea groups is 1. The number of rotatable bonds is 6. The zero-order valence-corrected chi connectivity index (χ0v) is 11.6. The van der Waals surface area contributed by atoms with Gasteiger partial charge in [-0.3, -0.25) is 0 Å². The van der Waals surface area contributed by atoms with Crippen LogP contribution in [-0.4, -0.2) is 31.1 Å². The molecule has 0 aliphatic carbocycles. The first-order chi connectivity index (χ1) is 9.71. The second-order valence-corrected chi connectivity index (χ2v) is 4.27. The average molecular weight is 269 g/mol. The third kappa shape index (κ3) is 5.06. The minimum atomic E-state index is -0.250. The lowest BCUT2D eigenvalue weighted by atomic mass is 10.1. The molecule has 0 radical (unpaired) electrons. The second-order valence-electron chi connectivity index (χ2n) is 4.27. The van der Waals surface area contributed by atoms with Crippen molar-refractivity contribution in [1.29, 1.82) is 0 Å². The molecule has 0 heterocycles. The second kappa shape index (κ2) is 8.63. The predicted molar refractivity (Wildman–Crippen MR) is 80.7 cm³/mol. The summed E-state index contributed by atoms with van der Waals surface area (Å²) in [6.45, 7) is 1.68. The van der Waals surface area contributed by atoms with E-state index in [0.717, 1.165) is 12.1 Å². The summed E-state index contributed by atoms with van der Waals surface area (Å²) in [6, 6.07) is 7.77. The molecule has 20 heavy (non-hydrogen) atoms. The van der Waals surface area contributed by atoms with Crippen molar-refractivity contribution in [1.82, 2.24) is 15.5 Å². The third-order valence-electron chi connectivity index (χ3n) is 2.70. The first kappa shape index (κ1) is 15.6. The molecular formula is C16H19N3O. The van der Waals surface area contributed by atoms with Gasteiger partial charge in [0.05, 0.1) is 13.1 Å². The SMILES string of the molecule is C#CCN(CC#C)C(=O)NCc1ccc(CNC)cc1. The van der Waals surface area contributed by atoms with Crippen LogP contribution in [0.5, 0.6) is 0 Å². The van der Waals surface area contributed by atoms with E-state index in [1.807, 2.05) is 31.3 Å². The van der Waals surface area contributed by atoms with Crippen molar-refractivity contribution < 1.29 is 4.79 Å². The van der Waals surface area contributed by atoms with E-state index in [-0.39, 0.29) is 19.1 Å². The van der Waals surface area contributed by atoms with Crippen molar-refractivity contribution >= 4 is 6.03 Å². The van der Waals surface area contributed by atoms with Gasteiger partial charge in [-0.05, 0) is 18.2 Å². The lowest BCUT2D eigenvalue weighted by Gasteiger charge is -2.18. The van der Waals surface area contributed by atoms with Crippen LogP contribution >= 0.6 is 0 Å². The Kier molecular flexibility index (Phi) is 6.75. The van der Waals surface area contributed by atoms with E-state index in [1.54, 1.807) is 0 Å². The van der Waals surface area contributed by atoms with Gasteiger partial charge in [0.15, 0.2) is 0 Å². The van der Waals surface area contributed by atoms with Crippen LogP contribution in [0.25, 0.3) is 0 Å². The molecule has 0 saturated carbocycles. The molecule has 0 spiro atoms. The molecule has 0 fully saturated rings. The van der Waals surface area contributed by atoms with Gasteiger partial charge in [0.25, 0.3) is 0 Å². The highest BCUT2D eigenvalue weighted by atomic mass is 16.2. The predicted octanol–water partition coefficient (Wildman–Crippen LogP) is 1.18. The van der Waals surface area contributed by atoms with Crippen LogP contribution in [-0.2, 0) is 13.1 Å². The summed E-state index contributed by atoms with van der Waals surface area (Å²) in [6.07, 6.45) is 10.4. The molecule has 2 amide bonds. The van der Waals surface area contributed by atoms with E-state index in [0.29, 0.717) is 6.54 Å². The molecule has 1 rings (SSSR count). The van der Waals surface area contributed by atoms with Gasteiger partial charge in [0, 0.05) is 13.1 Å². The van der Waals surface area contributed by atoms with Gasteiger partial charge in [-0.2, -0.15) is 0 Å². The number of hydrogen-bond acceptors (Lipinski definition) is 2. The number of nitrogens with zero attached hydrogens (tertiary/aromatic N) is 1. The largest absolute Gasteiger partial charge is 0.334 e. The molecule has 104 valence electrons. The van der Waals surface area contributed by atoms with E-state index >= 15 is 0 Å². The molecular weight excluding hydrogens is 250 g/mol. The van der Waals surface area contributed by atoms with Gasteiger partial charge in [0.1, 0.15) is 0 Å². The number of benzene rings is 1. The standard InChI is InChI=1S/C16H19N3O/c1-4-10-19(11-5-2)16(20)18-13-15-8-6-14(7-9-15)12-17-3/h1-2,6-9,17H,10-13H2,3H3,(H,18,20). The summed E-state index contributed by atoms with van der Waals surface area (Å²) in [7, 11) is 1.90. The van der Waals surface area contributed by atoms with Gasteiger partial charge < -0.3 is 15.5 Å². The Bertz CT molecular complexity index is 492. The zero-order valence-electron chi connectivity index (χ0n) is 11.6. The quantitative estimate of drug-likeness (QED) is 0.762. The van der Waals surface area contributed by atoms with Gasteiger partial charge in [-0.1, -0.05) is 36.1 Å². The fourth-order valence-corrected chi connectivity index (χ4v) is 1.69. The number of carbonyl (C=O) groups is 1. The Morgan fingerprint density at radius 1 is 1.10 bits per heavy atom. The maximum Gasteiger partial charge on any atom is 0.319 e. The number of nitrogens with one attached hydrogen (secondary N) is 2. The molecule has 1 aromatic carbocycles. The highest BCUT2D eigenvalue weighted by molar-refractivity contribution is 5.74. The number of amides is 2. The van der Waals surface area contributed by atoms with Crippen LogP contribution in [0.4, 0.5) is 4.79 Å². The van der Waals surface area contributed by atoms with E-state index in [2.05, 4.69) is 22.5 Å². The van der Waals surface area contributed by atoms with Crippen molar-refractivity contribution in [2.24, 2.45) is 0 Å². The van der Waals surface area contributed by atoms with Gasteiger partial charge in [-0.15, -0.1) is 12.8 Å². The maximum absolute atomic E-state index is 11.9. The summed E-state index contributed by atoms with van der Waals surface area (Å²) < 4.78 is 0. The Labute approximate surface area is 120 Å². The molecule has 0 aromatic heterocycles. The minimum Gasteiger partial charge on any atom is -0.334 e. The molecule has 0 saturated heterocycles. The van der Waals surface area contributed by atoms with Crippen molar-refractivity contribution in [2.75, 3.05) is 20.1 Å². The highest BCUT2D eigenvalue weighted by Crippen LogP contribution is 2.04. The fraction of sp³-hybridized carbons (Fsp3) is 0.312. The monoisotopic (exact) mass is 269 g/mol. The summed E-state index contributed by atoms with van der Waals surface area (Å²) in [5.41, 5.74) is 2.23. The molecule has 0 bridgehead atoms. The smallest absolute Gasteiger partial charge is 0.319 e. The van der Waals surface area contributed by atoms with Crippen molar-refractivity contribution in [2.45, 2.75) is 13.1 Å². The van der Waals surface area contributed by atoms with E-state index < -0.39 is 0 Å². The van der Waals surface area contributed by atoms with Gasteiger partial charge in [0.2, 0.25) is 0 Å². The summed E-state index contributed by atoms with van der Waals surface area (Å²) in [5, 5.41) is 5.88. The van der Waals surface area contributed by atoms with E-state index in [1.165, 1.54) is 10.5 Å². The summed E-state index contributed by atoms with van der Waals surface area (Å²) >= 11 is 0. The summed E-state index contributed by atoms with van der Waals surface area (Å²) in [4.78, 5) is 13.3. The van der Waals surface area contributed by atoms with Crippen LogP contribution in [0.15, 0.2) is 24.3 Å². The molecule has 1 aromatic rings. The Morgan fingerprint density at radius 2 is 1.60 bits per heavy atom. The molecule has 0 aliphatic heterocycles. The fourth-order valence-electron chi connectivity index (χ4n) is 1.69. The Balaban J connectivity index is 2.51. The molecule has 0 unspecified atom stereocenters.